The molecule has 0 unspecified atom stereocenters. The molecular weight excluding hydrogens is 254 g/mol. The molecule has 0 aliphatic carbocycles. The average molecular weight is 268 g/mol. The van der Waals surface area contributed by atoms with E-state index in [2.05, 4.69) is 0 Å². The molecule has 0 radical (unpaired) electrons. The minimum Gasteiger partial charge on any atom is -0.495 e. The number of rotatable bonds is 4. The Balaban J connectivity index is 2.57. The molecule has 4 nitrogen and oxygen atoms in total. The quantitative estimate of drug-likeness (QED) is 0.922. The lowest BCUT2D eigenvalue weighted by Gasteiger charge is -2.08. The van der Waals surface area contributed by atoms with Gasteiger partial charge in [0.1, 0.15) is 5.75 Å². The van der Waals surface area contributed by atoms with Crippen LogP contribution >= 0.6 is 11.6 Å². The fourth-order valence-corrected chi connectivity index (χ4v) is 2.10. The summed E-state index contributed by atoms with van der Waals surface area (Å²) in [5.41, 5.74) is -0.106. The van der Waals surface area contributed by atoms with Crippen LogP contribution in [0.2, 0.25) is 5.02 Å². The zero-order valence-electron chi connectivity index (χ0n) is 10.0. The van der Waals surface area contributed by atoms with E-state index in [0.29, 0.717) is 29.1 Å². The third kappa shape index (κ3) is 2.35. The second-order valence-corrected chi connectivity index (χ2v) is 4.37. The number of fused-ring (bicyclic) bond motifs is 1. The predicted molar refractivity (Wildman–Crippen MR) is 71.5 cm³/mol. The Morgan fingerprint density at radius 1 is 1.44 bits per heavy atom. The highest BCUT2D eigenvalue weighted by Gasteiger charge is 2.07. The summed E-state index contributed by atoms with van der Waals surface area (Å²) in [7, 11) is 1.54. The highest BCUT2D eigenvalue weighted by atomic mass is 35.5. The summed E-state index contributed by atoms with van der Waals surface area (Å²) in [6.45, 7) is 0.558. The summed E-state index contributed by atoms with van der Waals surface area (Å²) in [6.07, 6.45) is 2.27. The molecule has 1 aromatic carbocycles. The van der Waals surface area contributed by atoms with Crippen LogP contribution in [-0.4, -0.2) is 23.4 Å². The molecule has 0 amide bonds. The van der Waals surface area contributed by atoms with Crippen molar-refractivity contribution in [2.75, 3.05) is 13.7 Å². The van der Waals surface area contributed by atoms with E-state index in [-0.39, 0.29) is 12.2 Å². The number of halogens is 1. The number of aryl methyl sites for hydroxylation is 1. The number of aliphatic hydroxyl groups excluding tert-OH is 1. The van der Waals surface area contributed by atoms with Crippen LogP contribution in [0.1, 0.15) is 6.42 Å². The first-order chi connectivity index (χ1) is 8.67. The van der Waals surface area contributed by atoms with Gasteiger partial charge in [-0.2, -0.15) is 0 Å². The Kier molecular flexibility index (Phi) is 3.89. The Labute approximate surface area is 109 Å². The number of ether oxygens (including phenoxy) is 1. The number of methoxy groups -OCH3 is 1. The highest BCUT2D eigenvalue weighted by Crippen LogP contribution is 2.28. The van der Waals surface area contributed by atoms with Crippen LogP contribution < -0.4 is 10.3 Å². The molecule has 0 fully saturated rings. The van der Waals surface area contributed by atoms with Crippen molar-refractivity contribution >= 4 is 22.4 Å². The average Bonchev–Trinajstić information content (AvgIpc) is 2.38. The van der Waals surface area contributed by atoms with E-state index in [1.807, 2.05) is 6.07 Å². The van der Waals surface area contributed by atoms with Crippen molar-refractivity contribution in [3.05, 3.63) is 39.8 Å². The maximum absolute atomic E-state index is 12.2. The molecular formula is C13H14ClNO3. The third-order valence-corrected chi connectivity index (χ3v) is 3.10. The molecule has 2 aromatic rings. The van der Waals surface area contributed by atoms with E-state index in [0.717, 1.165) is 5.39 Å². The topological polar surface area (TPSA) is 51.5 Å². The minimum atomic E-state index is -0.106. The molecule has 0 aliphatic rings. The largest absolute Gasteiger partial charge is 0.495 e. The lowest BCUT2D eigenvalue weighted by molar-refractivity contribution is 0.279. The molecule has 96 valence electrons. The van der Waals surface area contributed by atoms with Crippen LogP contribution in [-0.2, 0) is 6.54 Å². The Bertz CT molecular complexity index is 621. The van der Waals surface area contributed by atoms with Crippen molar-refractivity contribution in [3.8, 4) is 5.75 Å². The summed E-state index contributed by atoms with van der Waals surface area (Å²) in [5.74, 6) is 0.552. The van der Waals surface area contributed by atoms with Gasteiger partial charge >= 0.3 is 0 Å². The first-order valence-corrected chi connectivity index (χ1v) is 6.02. The first-order valence-electron chi connectivity index (χ1n) is 5.65. The minimum absolute atomic E-state index is 0.0633. The Morgan fingerprint density at radius 3 is 2.89 bits per heavy atom. The van der Waals surface area contributed by atoms with Crippen LogP contribution in [0.4, 0.5) is 0 Å². The number of hydrogen-bond acceptors (Lipinski definition) is 3. The van der Waals surface area contributed by atoms with Gasteiger partial charge in [-0.15, -0.1) is 0 Å². The molecule has 0 saturated heterocycles. The number of pyridine rings is 1. The molecule has 0 aliphatic heterocycles. The number of hydrogen-bond donors (Lipinski definition) is 1. The fourth-order valence-electron chi connectivity index (χ4n) is 1.86. The molecule has 5 heteroatoms. The van der Waals surface area contributed by atoms with Gasteiger partial charge in [0.15, 0.2) is 0 Å². The Morgan fingerprint density at radius 2 is 2.22 bits per heavy atom. The van der Waals surface area contributed by atoms with E-state index in [4.69, 9.17) is 21.4 Å². The molecule has 18 heavy (non-hydrogen) atoms. The lowest BCUT2D eigenvalue weighted by atomic mass is 10.1. The summed E-state index contributed by atoms with van der Waals surface area (Å²) in [5, 5.41) is 10.6. The van der Waals surface area contributed by atoms with Gasteiger partial charge in [0.05, 0.1) is 12.1 Å². The second-order valence-electron chi connectivity index (χ2n) is 3.97. The number of nitrogens with zero attached hydrogens (tertiary/aromatic N) is 1. The zero-order chi connectivity index (χ0) is 13.1. The smallest absolute Gasteiger partial charge is 0.258 e. The van der Waals surface area contributed by atoms with Crippen LogP contribution in [0.15, 0.2) is 29.2 Å². The summed E-state index contributed by atoms with van der Waals surface area (Å²) < 4.78 is 6.69. The van der Waals surface area contributed by atoms with Crippen molar-refractivity contribution in [2.24, 2.45) is 0 Å². The van der Waals surface area contributed by atoms with Gasteiger partial charge in [0.2, 0.25) is 0 Å². The third-order valence-electron chi connectivity index (χ3n) is 2.81. The van der Waals surface area contributed by atoms with E-state index in [1.54, 1.807) is 22.9 Å². The van der Waals surface area contributed by atoms with Crippen molar-refractivity contribution in [2.45, 2.75) is 13.0 Å². The number of benzene rings is 1. The normalized spacial score (nSPS) is 10.8. The Hall–Kier alpha value is -1.52. The van der Waals surface area contributed by atoms with Gasteiger partial charge in [0, 0.05) is 24.7 Å². The van der Waals surface area contributed by atoms with Crippen molar-refractivity contribution in [1.82, 2.24) is 4.57 Å². The van der Waals surface area contributed by atoms with Crippen LogP contribution in [0.5, 0.6) is 5.75 Å². The van der Waals surface area contributed by atoms with Crippen molar-refractivity contribution < 1.29 is 9.84 Å². The molecule has 2 rings (SSSR count). The SMILES string of the molecule is COc1cc2ccn(CCCO)c(=O)c2cc1Cl. The molecule has 1 heterocycles. The molecule has 1 N–H and O–H groups in total. The van der Waals surface area contributed by atoms with E-state index < -0.39 is 0 Å². The molecule has 0 saturated carbocycles. The maximum atomic E-state index is 12.2. The second kappa shape index (κ2) is 5.42. The standard InChI is InChI=1S/C13H14ClNO3/c1-18-12-7-9-3-5-15(4-2-6-16)13(17)10(9)8-11(12)14/h3,5,7-8,16H,2,4,6H2,1H3. The van der Waals surface area contributed by atoms with Crippen LogP contribution in [0, 0.1) is 0 Å². The van der Waals surface area contributed by atoms with Gasteiger partial charge in [0.25, 0.3) is 5.56 Å². The fraction of sp³-hybridized carbons (Fsp3) is 0.308. The summed E-state index contributed by atoms with van der Waals surface area (Å²) in [4.78, 5) is 12.2. The van der Waals surface area contributed by atoms with Crippen molar-refractivity contribution in [1.29, 1.82) is 0 Å². The van der Waals surface area contributed by atoms with Gasteiger partial charge in [-0.05, 0) is 30.0 Å². The lowest BCUT2D eigenvalue weighted by Crippen LogP contribution is -2.20. The monoisotopic (exact) mass is 267 g/mol. The number of aliphatic hydroxyl groups is 1. The van der Waals surface area contributed by atoms with Gasteiger partial charge in [-0.3, -0.25) is 4.79 Å². The van der Waals surface area contributed by atoms with Crippen LogP contribution in [0.25, 0.3) is 10.8 Å². The molecule has 0 spiro atoms. The highest BCUT2D eigenvalue weighted by molar-refractivity contribution is 6.32. The van der Waals surface area contributed by atoms with E-state index in [1.165, 1.54) is 7.11 Å². The first kappa shape index (κ1) is 12.9. The molecule has 0 atom stereocenters. The molecule has 1 aromatic heterocycles. The number of aromatic nitrogens is 1. The van der Waals surface area contributed by atoms with Crippen LogP contribution in [0.3, 0.4) is 0 Å². The summed E-state index contributed by atoms with van der Waals surface area (Å²) >= 11 is 6.02. The predicted octanol–water partition coefficient (Wildman–Crippen LogP) is 2.05. The van der Waals surface area contributed by atoms with E-state index in [9.17, 15) is 4.79 Å². The van der Waals surface area contributed by atoms with Gasteiger partial charge < -0.3 is 14.4 Å². The maximum Gasteiger partial charge on any atom is 0.258 e. The van der Waals surface area contributed by atoms with E-state index >= 15 is 0 Å². The zero-order valence-corrected chi connectivity index (χ0v) is 10.8. The van der Waals surface area contributed by atoms with Gasteiger partial charge in [-0.25, -0.2) is 0 Å². The molecule has 0 bridgehead atoms. The van der Waals surface area contributed by atoms with Gasteiger partial charge in [-0.1, -0.05) is 11.6 Å². The summed E-state index contributed by atoms with van der Waals surface area (Å²) in [6, 6.07) is 5.20. The van der Waals surface area contributed by atoms with Crippen molar-refractivity contribution in [3.63, 3.8) is 0 Å².